The lowest BCUT2D eigenvalue weighted by atomic mass is 10.2. The molecule has 3 rings (SSSR count). The van der Waals surface area contributed by atoms with Gasteiger partial charge in [0, 0.05) is 11.0 Å². The molecule has 4 N–H and O–H groups in total. The van der Waals surface area contributed by atoms with Crippen LogP contribution in [0.4, 0.5) is 10.2 Å². The van der Waals surface area contributed by atoms with Gasteiger partial charge >= 0.3 is 8.25 Å². The number of hydrogen-bond acceptors (Lipinski definition) is 7. The van der Waals surface area contributed by atoms with Crippen molar-refractivity contribution < 1.29 is 23.1 Å². The number of hydrogen-bond donors (Lipinski definition) is 3. The zero-order chi connectivity index (χ0) is 15.9. The molecule has 118 valence electrons. The molecule has 2 aliphatic rings. The Kier molecular flexibility index (Phi) is 3.92. The molecule has 3 heterocycles. The Hall–Kier alpha value is -1.87. The number of fused-ring (bicyclic) bond motifs is 1. The third-order valence-corrected chi connectivity index (χ3v) is 3.75. The van der Waals surface area contributed by atoms with Crippen molar-refractivity contribution in [3.8, 4) is 0 Å². The minimum Gasteiger partial charge on any atom is -0.369 e. The smallest absolute Gasteiger partial charge is 0.369 e. The Labute approximate surface area is 125 Å². The highest BCUT2D eigenvalue weighted by molar-refractivity contribution is 7.32. The van der Waals surface area contributed by atoms with Gasteiger partial charge in [-0.1, -0.05) is 6.58 Å². The van der Waals surface area contributed by atoms with Crippen molar-refractivity contribution in [1.29, 1.82) is 0 Å². The molecule has 1 aromatic heterocycles. The molecule has 2 aliphatic heterocycles. The van der Waals surface area contributed by atoms with Crippen molar-refractivity contribution in [3.63, 3.8) is 0 Å². The van der Waals surface area contributed by atoms with Gasteiger partial charge in [0.05, 0.1) is 12.0 Å². The minimum atomic E-state index is -2.79. The van der Waals surface area contributed by atoms with Crippen LogP contribution in [-0.4, -0.2) is 39.3 Å². The van der Waals surface area contributed by atoms with Gasteiger partial charge in [0.1, 0.15) is 30.8 Å². The van der Waals surface area contributed by atoms with Crippen LogP contribution in [0.3, 0.4) is 0 Å². The van der Waals surface area contributed by atoms with Crippen LogP contribution in [-0.2, 0) is 13.8 Å². The van der Waals surface area contributed by atoms with Gasteiger partial charge in [-0.3, -0.25) is 4.57 Å². The first-order valence-electron chi connectivity index (χ1n) is 6.41. The van der Waals surface area contributed by atoms with Crippen molar-refractivity contribution in [3.05, 3.63) is 18.6 Å². The second kappa shape index (κ2) is 5.73. The number of imidazole rings is 1. The Balaban J connectivity index is 1.80. The summed E-state index contributed by atoms with van der Waals surface area (Å²) in [5.74, 6) is 0.583. The summed E-state index contributed by atoms with van der Waals surface area (Å²) in [4.78, 5) is 16.9. The van der Waals surface area contributed by atoms with Crippen molar-refractivity contribution in [2.24, 2.45) is 10.7 Å². The monoisotopic (exact) mass is 330 g/mol. The molecule has 0 amide bonds. The highest BCUT2D eigenvalue weighted by Crippen LogP contribution is 2.37. The zero-order valence-electron chi connectivity index (χ0n) is 11.3. The topological polar surface area (TPSA) is 124 Å². The Bertz CT molecular complexity index is 663. The normalized spacial score (nSPS) is 28.1. The fraction of sp³-hybridized carbons (Fsp3) is 0.455. The van der Waals surface area contributed by atoms with Gasteiger partial charge in [-0.05, 0) is 0 Å². The second-order valence-electron chi connectivity index (χ2n) is 4.84. The summed E-state index contributed by atoms with van der Waals surface area (Å²) in [5.41, 5.74) is 6.64. The van der Waals surface area contributed by atoms with Crippen molar-refractivity contribution >= 4 is 25.7 Å². The number of aromatic nitrogens is 2. The second-order valence-corrected chi connectivity index (χ2v) is 5.57. The van der Waals surface area contributed by atoms with Gasteiger partial charge in [0.15, 0.2) is 11.8 Å². The Morgan fingerprint density at radius 3 is 3.23 bits per heavy atom. The molecule has 0 aliphatic carbocycles. The van der Waals surface area contributed by atoms with Gasteiger partial charge < -0.3 is 15.8 Å². The van der Waals surface area contributed by atoms with E-state index in [0.29, 0.717) is 17.2 Å². The fourth-order valence-corrected chi connectivity index (χ4v) is 2.67. The largest absolute Gasteiger partial charge is 0.694 e. The summed E-state index contributed by atoms with van der Waals surface area (Å²) in [7, 11) is -2.79. The van der Waals surface area contributed by atoms with Crippen molar-refractivity contribution in [2.45, 2.75) is 24.9 Å². The molecule has 11 heteroatoms. The molecule has 22 heavy (non-hydrogen) atoms. The average molecular weight is 330 g/mol. The molecule has 0 saturated carbocycles. The minimum absolute atomic E-state index is 0.0500. The molecule has 1 unspecified atom stereocenters. The first-order valence-corrected chi connectivity index (χ1v) is 7.54. The first-order chi connectivity index (χ1) is 10.5. The number of nitrogens with two attached hydrogens (primary N) is 1. The Morgan fingerprint density at radius 2 is 2.50 bits per heavy atom. The van der Waals surface area contributed by atoms with Gasteiger partial charge in [-0.2, -0.15) is 4.99 Å². The van der Waals surface area contributed by atoms with E-state index >= 15 is 0 Å². The van der Waals surface area contributed by atoms with Gasteiger partial charge in [-0.25, -0.2) is 9.37 Å². The predicted molar refractivity (Wildman–Crippen MR) is 74.9 cm³/mol. The highest BCUT2D eigenvalue weighted by Gasteiger charge is 2.39. The standard InChI is InChI=1S/C11H13FN5O4P/c1-5-9-10(16-11(13)15-5)17(4-14-9)8-2-6(12)7(21-8)3-20-22(18)19/h4,6-8H,1-3H2,(H3-,13,15,16,18,19)/p+1/t6-,7-,8-/m1/s1. The first kappa shape index (κ1) is 15.0. The van der Waals surface area contributed by atoms with Crippen LogP contribution in [0.5, 0.6) is 0 Å². The summed E-state index contributed by atoms with van der Waals surface area (Å²) >= 11 is 0. The van der Waals surface area contributed by atoms with Crippen LogP contribution in [0.15, 0.2) is 17.9 Å². The highest BCUT2D eigenvalue weighted by atomic mass is 31.1. The number of nitrogens with one attached hydrogen (secondary N) is 1. The lowest BCUT2D eigenvalue weighted by molar-refractivity contribution is -0.0283. The number of rotatable bonds is 4. The van der Waals surface area contributed by atoms with E-state index in [4.69, 9.17) is 15.4 Å². The fourth-order valence-electron chi connectivity index (χ4n) is 2.39. The van der Waals surface area contributed by atoms with Crippen LogP contribution in [0.1, 0.15) is 18.3 Å². The number of guanidine groups is 1. The van der Waals surface area contributed by atoms with E-state index in [2.05, 4.69) is 26.4 Å². The summed E-state index contributed by atoms with van der Waals surface area (Å²) < 4.78 is 36.1. The third kappa shape index (κ3) is 2.73. The maximum Gasteiger partial charge on any atom is 0.694 e. The molecule has 9 nitrogen and oxygen atoms in total. The lowest BCUT2D eigenvalue weighted by Gasteiger charge is -2.18. The van der Waals surface area contributed by atoms with E-state index in [9.17, 15) is 8.96 Å². The summed E-state index contributed by atoms with van der Waals surface area (Å²) in [6.07, 6.45) is -1.40. The molecule has 0 radical (unpaired) electrons. The number of ether oxygens (including phenoxy) is 1. The quantitative estimate of drug-likeness (QED) is 0.694. The maximum absolute atomic E-state index is 14.0. The van der Waals surface area contributed by atoms with Gasteiger partial charge in [-0.15, -0.1) is 9.42 Å². The van der Waals surface area contributed by atoms with E-state index in [1.165, 1.54) is 6.33 Å². The predicted octanol–water partition coefficient (Wildman–Crippen LogP) is 0.695. The van der Waals surface area contributed by atoms with E-state index in [-0.39, 0.29) is 19.0 Å². The molecular formula is C11H14FN5O4P+. The van der Waals surface area contributed by atoms with Crippen LogP contribution in [0.2, 0.25) is 0 Å². The number of halogens is 1. The van der Waals surface area contributed by atoms with Crippen molar-refractivity contribution in [1.82, 2.24) is 14.9 Å². The summed E-state index contributed by atoms with van der Waals surface area (Å²) in [6, 6.07) is 0. The molecule has 1 aromatic rings. The summed E-state index contributed by atoms with van der Waals surface area (Å²) in [6.45, 7) is 3.48. The SMILES string of the molecule is C=C1NC(N)=Nc2c1ncn2[C@H]1C[C@@H](F)[C@@H](CO[P+](=O)O)O1. The number of alkyl halides is 1. The van der Waals surface area contributed by atoms with Crippen molar-refractivity contribution in [2.75, 3.05) is 6.61 Å². The molecule has 0 bridgehead atoms. The maximum atomic E-state index is 14.0. The van der Waals surface area contributed by atoms with Crippen LogP contribution in [0, 0.1) is 0 Å². The van der Waals surface area contributed by atoms with Crippen LogP contribution in [0.25, 0.3) is 5.70 Å². The van der Waals surface area contributed by atoms with E-state index < -0.39 is 26.8 Å². The van der Waals surface area contributed by atoms with Gasteiger partial charge in [0.2, 0.25) is 0 Å². The molecule has 1 saturated heterocycles. The zero-order valence-corrected chi connectivity index (χ0v) is 12.2. The number of nitrogens with zero attached hydrogens (tertiary/aromatic N) is 3. The molecule has 4 atom stereocenters. The van der Waals surface area contributed by atoms with E-state index in [1.807, 2.05) is 0 Å². The van der Waals surface area contributed by atoms with Crippen LogP contribution >= 0.6 is 8.25 Å². The Morgan fingerprint density at radius 1 is 1.73 bits per heavy atom. The van der Waals surface area contributed by atoms with Crippen LogP contribution < -0.4 is 11.1 Å². The summed E-state index contributed by atoms with van der Waals surface area (Å²) in [5, 5.41) is 2.75. The van der Waals surface area contributed by atoms with E-state index in [0.717, 1.165) is 0 Å². The molecule has 1 fully saturated rings. The van der Waals surface area contributed by atoms with E-state index in [1.54, 1.807) is 4.57 Å². The lowest BCUT2D eigenvalue weighted by Crippen LogP contribution is -2.32. The molecular weight excluding hydrogens is 316 g/mol. The van der Waals surface area contributed by atoms with Gasteiger partial charge in [0.25, 0.3) is 0 Å². The molecule has 0 spiro atoms. The molecule has 0 aromatic carbocycles. The average Bonchev–Trinajstić information content (AvgIpc) is 3.00. The third-order valence-electron chi connectivity index (χ3n) is 3.38. The number of aliphatic imine (C=N–C) groups is 1.